The van der Waals surface area contributed by atoms with Crippen LogP contribution >= 0.6 is 0 Å². The monoisotopic (exact) mass is 312 g/mol. The zero-order valence-electron chi connectivity index (χ0n) is 14.3. The first-order valence-corrected chi connectivity index (χ1v) is 9.23. The highest BCUT2D eigenvalue weighted by Gasteiger charge is 2.48. The Morgan fingerprint density at radius 3 is 2.78 bits per heavy atom. The van der Waals surface area contributed by atoms with Crippen LogP contribution in [-0.4, -0.2) is 41.9 Å². The molecule has 0 bridgehead atoms. The zero-order valence-corrected chi connectivity index (χ0v) is 14.3. The Morgan fingerprint density at radius 1 is 1.17 bits per heavy atom. The Hall–Kier alpha value is -1.35. The summed E-state index contributed by atoms with van der Waals surface area (Å²) in [5.41, 5.74) is 2.69. The SMILES string of the molecule is Cc1ccccc1CN1CCC2(CCCN(CC3CC3)C2=O)C1. The van der Waals surface area contributed by atoms with Crippen LogP contribution in [0.5, 0.6) is 0 Å². The summed E-state index contributed by atoms with van der Waals surface area (Å²) >= 11 is 0. The maximum Gasteiger partial charge on any atom is 0.230 e. The number of carbonyl (C=O) groups is 1. The lowest BCUT2D eigenvalue weighted by Crippen LogP contribution is -2.50. The fourth-order valence-corrected chi connectivity index (χ4v) is 4.44. The second kappa shape index (κ2) is 5.94. The van der Waals surface area contributed by atoms with Crippen LogP contribution in [-0.2, 0) is 11.3 Å². The van der Waals surface area contributed by atoms with E-state index >= 15 is 0 Å². The molecule has 4 rings (SSSR count). The second-order valence-electron chi connectivity index (χ2n) is 7.97. The molecule has 1 aromatic rings. The van der Waals surface area contributed by atoms with Gasteiger partial charge in [0.2, 0.25) is 5.91 Å². The van der Waals surface area contributed by atoms with Gasteiger partial charge in [-0.1, -0.05) is 24.3 Å². The van der Waals surface area contributed by atoms with Gasteiger partial charge in [-0.05, 0) is 62.6 Å². The Kier molecular flexibility index (Phi) is 3.92. The van der Waals surface area contributed by atoms with Crippen LogP contribution in [0.15, 0.2) is 24.3 Å². The molecule has 0 radical (unpaired) electrons. The molecular weight excluding hydrogens is 284 g/mol. The van der Waals surface area contributed by atoms with Gasteiger partial charge in [0.25, 0.3) is 0 Å². The van der Waals surface area contributed by atoms with E-state index in [0.717, 1.165) is 51.5 Å². The average Bonchev–Trinajstić information content (AvgIpc) is 3.27. The quantitative estimate of drug-likeness (QED) is 0.852. The van der Waals surface area contributed by atoms with Gasteiger partial charge in [0.15, 0.2) is 0 Å². The molecule has 23 heavy (non-hydrogen) atoms. The topological polar surface area (TPSA) is 23.6 Å². The lowest BCUT2D eigenvalue weighted by Gasteiger charge is -2.39. The van der Waals surface area contributed by atoms with Gasteiger partial charge in [-0.3, -0.25) is 9.69 Å². The molecule has 124 valence electrons. The molecule has 2 aliphatic heterocycles. The third-order valence-corrected chi connectivity index (χ3v) is 6.09. The van der Waals surface area contributed by atoms with Crippen molar-refractivity contribution in [3.8, 4) is 0 Å². The minimum absolute atomic E-state index is 0.0736. The van der Waals surface area contributed by atoms with Crippen LogP contribution in [0.2, 0.25) is 0 Å². The Balaban J connectivity index is 1.43. The largest absolute Gasteiger partial charge is 0.342 e. The molecule has 1 atom stereocenters. The van der Waals surface area contributed by atoms with Crippen molar-refractivity contribution in [2.24, 2.45) is 11.3 Å². The molecule has 1 amide bonds. The number of likely N-dealkylation sites (tertiary alicyclic amines) is 2. The number of benzene rings is 1. The van der Waals surface area contributed by atoms with E-state index in [-0.39, 0.29) is 5.41 Å². The maximum absolute atomic E-state index is 13.1. The highest BCUT2D eigenvalue weighted by atomic mass is 16.2. The molecule has 1 aliphatic carbocycles. The summed E-state index contributed by atoms with van der Waals surface area (Å²) in [6, 6.07) is 8.63. The van der Waals surface area contributed by atoms with Crippen molar-refractivity contribution in [1.29, 1.82) is 0 Å². The molecule has 2 saturated heterocycles. The van der Waals surface area contributed by atoms with Crippen molar-refractivity contribution < 1.29 is 4.79 Å². The van der Waals surface area contributed by atoms with E-state index in [9.17, 15) is 4.79 Å². The summed E-state index contributed by atoms with van der Waals surface area (Å²) in [5.74, 6) is 1.27. The molecule has 3 fully saturated rings. The van der Waals surface area contributed by atoms with Crippen molar-refractivity contribution >= 4 is 5.91 Å². The molecule has 1 aromatic carbocycles. The number of nitrogens with zero attached hydrogens (tertiary/aromatic N) is 2. The van der Waals surface area contributed by atoms with Gasteiger partial charge in [-0.2, -0.15) is 0 Å². The minimum atomic E-state index is -0.0736. The first-order chi connectivity index (χ1) is 11.2. The van der Waals surface area contributed by atoms with Gasteiger partial charge in [0, 0.05) is 26.2 Å². The Labute approximate surface area is 139 Å². The van der Waals surface area contributed by atoms with Crippen LogP contribution < -0.4 is 0 Å². The van der Waals surface area contributed by atoms with E-state index in [1.165, 1.54) is 30.4 Å². The van der Waals surface area contributed by atoms with Gasteiger partial charge >= 0.3 is 0 Å². The summed E-state index contributed by atoms with van der Waals surface area (Å²) < 4.78 is 0. The number of carbonyl (C=O) groups excluding carboxylic acids is 1. The van der Waals surface area contributed by atoms with Gasteiger partial charge < -0.3 is 4.90 Å². The minimum Gasteiger partial charge on any atom is -0.342 e. The van der Waals surface area contributed by atoms with E-state index in [2.05, 4.69) is 41.0 Å². The molecule has 2 heterocycles. The van der Waals surface area contributed by atoms with Crippen LogP contribution in [0.3, 0.4) is 0 Å². The highest BCUT2D eigenvalue weighted by Crippen LogP contribution is 2.42. The fourth-order valence-electron chi connectivity index (χ4n) is 4.44. The maximum atomic E-state index is 13.1. The van der Waals surface area contributed by atoms with Gasteiger partial charge in [-0.15, -0.1) is 0 Å². The third-order valence-electron chi connectivity index (χ3n) is 6.09. The summed E-state index contributed by atoms with van der Waals surface area (Å²) in [5, 5.41) is 0. The highest BCUT2D eigenvalue weighted by molar-refractivity contribution is 5.84. The Morgan fingerprint density at radius 2 is 2.00 bits per heavy atom. The lowest BCUT2D eigenvalue weighted by molar-refractivity contribution is -0.145. The van der Waals surface area contributed by atoms with Crippen molar-refractivity contribution in [3.05, 3.63) is 35.4 Å². The number of aryl methyl sites for hydroxylation is 1. The summed E-state index contributed by atoms with van der Waals surface area (Å²) in [7, 11) is 0. The molecular formula is C20H28N2O. The van der Waals surface area contributed by atoms with Crippen LogP contribution in [0.1, 0.15) is 43.2 Å². The smallest absolute Gasteiger partial charge is 0.230 e. The predicted octanol–water partition coefficient (Wildman–Crippen LogP) is 3.22. The van der Waals surface area contributed by atoms with Crippen molar-refractivity contribution in [2.45, 2.75) is 45.6 Å². The van der Waals surface area contributed by atoms with Crippen LogP contribution in [0, 0.1) is 18.3 Å². The molecule has 0 N–H and O–H groups in total. The molecule has 3 heteroatoms. The summed E-state index contributed by atoms with van der Waals surface area (Å²) in [6.45, 7) is 7.22. The van der Waals surface area contributed by atoms with E-state index in [0.29, 0.717) is 5.91 Å². The lowest BCUT2D eigenvalue weighted by atomic mass is 9.78. The molecule has 0 aromatic heterocycles. The number of hydrogen-bond donors (Lipinski definition) is 0. The second-order valence-corrected chi connectivity index (χ2v) is 7.97. The Bertz CT molecular complexity index is 595. The third kappa shape index (κ3) is 3.03. The molecule has 3 aliphatic rings. The average molecular weight is 312 g/mol. The fraction of sp³-hybridized carbons (Fsp3) is 0.650. The number of amides is 1. The molecule has 1 spiro atoms. The number of rotatable bonds is 4. The normalized spacial score (nSPS) is 28.7. The standard InChI is InChI=1S/C20H28N2O/c1-16-5-2-3-6-18(16)14-21-12-10-20(15-21)9-4-11-22(19(20)23)13-17-7-8-17/h2-3,5-6,17H,4,7-15H2,1H3. The first-order valence-electron chi connectivity index (χ1n) is 9.23. The molecule has 1 saturated carbocycles. The van der Waals surface area contributed by atoms with Gasteiger partial charge in [-0.25, -0.2) is 0 Å². The molecule has 3 nitrogen and oxygen atoms in total. The number of hydrogen-bond acceptors (Lipinski definition) is 2. The summed E-state index contributed by atoms with van der Waals surface area (Å²) in [6.07, 6.45) is 6.00. The van der Waals surface area contributed by atoms with Crippen LogP contribution in [0.4, 0.5) is 0 Å². The van der Waals surface area contributed by atoms with E-state index < -0.39 is 0 Å². The number of piperidine rings is 1. The van der Waals surface area contributed by atoms with Crippen molar-refractivity contribution in [3.63, 3.8) is 0 Å². The van der Waals surface area contributed by atoms with Crippen LogP contribution in [0.25, 0.3) is 0 Å². The van der Waals surface area contributed by atoms with E-state index in [1.807, 2.05) is 0 Å². The van der Waals surface area contributed by atoms with Gasteiger partial charge in [0.1, 0.15) is 0 Å². The van der Waals surface area contributed by atoms with Crippen molar-refractivity contribution in [1.82, 2.24) is 9.80 Å². The van der Waals surface area contributed by atoms with Crippen molar-refractivity contribution in [2.75, 3.05) is 26.2 Å². The van der Waals surface area contributed by atoms with Gasteiger partial charge in [0.05, 0.1) is 5.41 Å². The zero-order chi connectivity index (χ0) is 15.9. The first kappa shape index (κ1) is 15.2. The summed E-state index contributed by atoms with van der Waals surface area (Å²) in [4.78, 5) is 17.8. The predicted molar refractivity (Wildman–Crippen MR) is 92.0 cm³/mol. The van der Waals surface area contributed by atoms with E-state index in [1.54, 1.807) is 0 Å². The van der Waals surface area contributed by atoms with E-state index in [4.69, 9.17) is 0 Å². The molecule has 1 unspecified atom stereocenters.